The van der Waals surface area contributed by atoms with Crippen molar-refractivity contribution >= 4 is 18.3 Å². The van der Waals surface area contributed by atoms with Crippen molar-refractivity contribution in [2.24, 2.45) is 4.99 Å². The second kappa shape index (κ2) is 9.22. The zero-order valence-corrected chi connectivity index (χ0v) is 19.6. The average Bonchev–Trinajstić information content (AvgIpc) is 3.26. The van der Waals surface area contributed by atoms with Gasteiger partial charge in [-0.05, 0) is 36.1 Å². The van der Waals surface area contributed by atoms with E-state index in [9.17, 15) is 9.59 Å². The molecule has 2 aliphatic heterocycles. The molecule has 176 valence electrons. The molecule has 0 bridgehead atoms. The van der Waals surface area contributed by atoms with Crippen LogP contribution in [0.2, 0.25) is 0 Å². The Morgan fingerprint density at radius 1 is 0.943 bits per heavy atom. The van der Waals surface area contributed by atoms with E-state index in [0.29, 0.717) is 12.0 Å². The highest BCUT2D eigenvalue weighted by Gasteiger charge is 2.67. The third kappa shape index (κ3) is 4.01. The van der Waals surface area contributed by atoms with E-state index in [-0.39, 0.29) is 11.6 Å². The van der Waals surface area contributed by atoms with Crippen LogP contribution in [-0.4, -0.2) is 34.9 Å². The Balaban J connectivity index is 1.43. The fraction of sp³-hybridized carbons (Fsp3) is 0.207. The Bertz CT molecular complexity index is 1240. The number of ether oxygens (including phenoxy) is 2. The van der Waals surface area contributed by atoms with Gasteiger partial charge < -0.3 is 9.47 Å². The van der Waals surface area contributed by atoms with Gasteiger partial charge in [0.05, 0.1) is 0 Å². The molecular formula is C29H26N2O4. The molecule has 2 aliphatic rings. The third-order valence-electron chi connectivity index (χ3n) is 6.36. The van der Waals surface area contributed by atoms with Gasteiger partial charge in [-0.2, -0.15) is 0 Å². The van der Waals surface area contributed by atoms with Crippen LogP contribution >= 0.6 is 0 Å². The Kier molecular flexibility index (Phi) is 5.95. The minimum absolute atomic E-state index is 0.186. The minimum atomic E-state index is -1.07. The Hall–Kier alpha value is -4.19. The summed E-state index contributed by atoms with van der Waals surface area (Å²) < 4.78 is 11.8. The van der Waals surface area contributed by atoms with Gasteiger partial charge in [0.25, 0.3) is 5.91 Å². The first-order valence-electron chi connectivity index (χ1n) is 11.6. The van der Waals surface area contributed by atoms with E-state index in [2.05, 4.69) is 4.99 Å². The third-order valence-corrected chi connectivity index (χ3v) is 6.36. The van der Waals surface area contributed by atoms with Crippen LogP contribution in [-0.2, 0) is 25.5 Å². The van der Waals surface area contributed by atoms with E-state index < -0.39 is 23.8 Å². The molecule has 0 saturated carbocycles. The number of fused-ring (bicyclic) bond motifs is 1. The summed E-state index contributed by atoms with van der Waals surface area (Å²) in [6.07, 6.45) is 0.396. The van der Waals surface area contributed by atoms with Gasteiger partial charge in [-0.3, -0.25) is 9.69 Å². The van der Waals surface area contributed by atoms with Crippen molar-refractivity contribution in [2.75, 3.05) is 0 Å². The highest BCUT2D eigenvalue weighted by molar-refractivity contribution is 6.04. The number of rotatable bonds is 7. The summed E-state index contributed by atoms with van der Waals surface area (Å²) in [5.74, 6) is -0.857. The topological polar surface area (TPSA) is 68.2 Å². The summed E-state index contributed by atoms with van der Waals surface area (Å²) in [6, 6.07) is 28.8. The number of hydrogen-bond donors (Lipinski definition) is 0. The number of likely N-dealkylation sites (tertiary alicyclic amines) is 1. The molecule has 0 unspecified atom stereocenters. The summed E-state index contributed by atoms with van der Waals surface area (Å²) in [7, 11) is 0. The molecule has 2 heterocycles. The number of aliphatic imine (C=N–C) groups is 1. The van der Waals surface area contributed by atoms with E-state index >= 15 is 0 Å². The number of hydrogen-bond acceptors (Lipinski definition) is 5. The smallest absolute Gasteiger partial charge is 0.356 e. The van der Waals surface area contributed by atoms with Gasteiger partial charge >= 0.3 is 5.97 Å². The van der Waals surface area contributed by atoms with Gasteiger partial charge in [-0.15, -0.1) is 0 Å². The van der Waals surface area contributed by atoms with Crippen molar-refractivity contribution in [3.05, 3.63) is 119 Å². The molecule has 6 nitrogen and oxygen atoms in total. The van der Waals surface area contributed by atoms with Crippen molar-refractivity contribution in [3.8, 4) is 0 Å². The van der Waals surface area contributed by atoms with Crippen molar-refractivity contribution in [2.45, 2.75) is 38.1 Å². The molecule has 0 radical (unpaired) electrons. The molecule has 3 aromatic carbocycles. The molecule has 35 heavy (non-hydrogen) atoms. The predicted molar refractivity (Wildman–Crippen MR) is 132 cm³/mol. The van der Waals surface area contributed by atoms with Gasteiger partial charge in [0.2, 0.25) is 11.8 Å². The second-order valence-corrected chi connectivity index (χ2v) is 8.94. The normalized spacial score (nSPS) is 20.1. The number of amides is 1. The summed E-state index contributed by atoms with van der Waals surface area (Å²) in [5, 5.41) is 0. The predicted octanol–water partition coefficient (Wildman–Crippen LogP) is 4.82. The molecule has 0 aliphatic carbocycles. The highest BCUT2D eigenvalue weighted by Crippen LogP contribution is 2.44. The molecule has 1 fully saturated rings. The zero-order valence-electron chi connectivity index (χ0n) is 19.6. The Labute approximate surface area is 204 Å². The first-order valence-corrected chi connectivity index (χ1v) is 11.6. The summed E-state index contributed by atoms with van der Waals surface area (Å²) in [5.41, 5.74) is 2.43. The van der Waals surface area contributed by atoms with Gasteiger partial charge in [-0.1, -0.05) is 91.0 Å². The fourth-order valence-electron chi connectivity index (χ4n) is 4.67. The van der Waals surface area contributed by atoms with Gasteiger partial charge in [-0.25, -0.2) is 9.79 Å². The van der Waals surface area contributed by atoms with Crippen molar-refractivity contribution in [1.82, 2.24) is 4.90 Å². The maximum Gasteiger partial charge on any atom is 0.356 e. The number of carbonyl (C=O) groups is 2. The zero-order chi connectivity index (χ0) is 24.4. The molecule has 6 heteroatoms. The number of β-lactam (4-membered cyclic amide) rings is 1. The van der Waals surface area contributed by atoms with Crippen molar-refractivity contribution in [1.29, 1.82) is 0 Å². The van der Waals surface area contributed by atoms with Crippen LogP contribution in [0.15, 0.2) is 107 Å². The molecule has 0 spiro atoms. The monoisotopic (exact) mass is 466 g/mol. The molecule has 2 atom stereocenters. The minimum Gasteiger partial charge on any atom is -0.457 e. The molecule has 1 saturated heterocycles. The Morgan fingerprint density at radius 3 is 2.03 bits per heavy atom. The quantitative estimate of drug-likeness (QED) is 0.284. The lowest BCUT2D eigenvalue weighted by Gasteiger charge is -2.49. The Morgan fingerprint density at radius 2 is 1.49 bits per heavy atom. The van der Waals surface area contributed by atoms with Gasteiger partial charge in [0, 0.05) is 6.42 Å². The summed E-state index contributed by atoms with van der Waals surface area (Å²) in [4.78, 5) is 32.9. The van der Waals surface area contributed by atoms with Crippen LogP contribution in [0, 0.1) is 0 Å². The standard InChI is InChI=1S/C29H26N2O4/c1-20(2)24(26(32)35-25(22-14-8-4-9-15-22)23-16-10-5-11-17-23)31-27(33)29(28(31)34-19-30-29)18-21-12-6-3-7-13-21/h3-17,19,25,28H,18H2,1-2H3/t28-,29-/m0/s1. The highest BCUT2D eigenvalue weighted by atomic mass is 16.5. The van der Waals surface area contributed by atoms with Crippen LogP contribution in [0.25, 0.3) is 0 Å². The number of nitrogens with zero attached hydrogens (tertiary/aromatic N) is 2. The summed E-state index contributed by atoms with van der Waals surface area (Å²) in [6.45, 7) is 3.58. The lowest BCUT2D eigenvalue weighted by Crippen LogP contribution is -2.72. The van der Waals surface area contributed by atoms with Crippen LogP contribution in [0.1, 0.15) is 36.6 Å². The second-order valence-electron chi connectivity index (χ2n) is 8.94. The number of esters is 1. The fourth-order valence-corrected chi connectivity index (χ4v) is 4.67. The maximum atomic E-state index is 13.6. The number of allylic oxidation sites excluding steroid dienone is 1. The number of carbonyl (C=O) groups excluding carboxylic acids is 2. The summed E-state index contributed by atoms with van der Waals surface area (Å²) >= 11 is 0. The van der Waals surface area contributed by atoms with Crippen molar-refractivity contribution in [3.63, 3.8) is 0 Å². The molecule has 0 aromatic heterocycles. The van der Waals surface area contributed by atoms with E-state index in [0.717, 1.165) is 16.7 Å². The molecule has 0 N–H and O–H groups in total. The van der Waals surface area contributed by atoms with Crippen LogP contribution in [0.4, 0.5) is 0 Å². The first-order chi connectivity index (χ1) is 17.0. The van der Waals surface area contributed by atoms with E-state index in [1.54, 1.807) is 13.8 Å². The molecule has 3 aromatic rings. The van der Waals surface area contributed by atoms with Gasteiger partial charge in [0.15, 0.2) is 12.5 Å². The largest absolute Gasteiger partial charge is 0.457 e. The van der Waals surface area contributed by atoms with E-state index in [1.807, 2.05) is 91.0 Å². The lowest BCUT2D eigenvalue weighted by molar-refractivity contribution is -0.176. The van der Waals surface area contributed by atoms with Crippen LogP contribution in [0.3, 0.4) is 0 Å². The lowest BCUT2D eigenvalue weighted by atomic mass is 9.80. The number of benzene rings is 3. The van der Waals surface area contributed by atoms with Crippen LogP contribution in [0.5, 0.6) is 0 Å². The van der Waals surface area contributed by atoms with E-state index in [4.69, 9.17) is 9.47 Å². The molecular weight excluding hydrogens is 440 g/mol. The maximum absolute atomic E-state index is 13.6. The average molecular weight is 467 g/mol. The first kappa shape index (κ1) is 22.6. The van der Waals surface area contributed by atoms with Gasteiger partial charge in [0.1, 0.15) is 5.70 Å². The van der Waals surface area contributed by atoms with E-state index in [1.165, 1.54) is 11.3 Å². The molecule has 1 amide bonds. The van der Waals surface area contributed by atoms with Crippen LogP contribution < -0.4 is 0 Å². The molecule has 5 rings (SSSR count). The SMILES string of the molecule is CC(C)=C(C(=O)OC(c1ccccc1)c1ccccc1)N1C(=O)[C@]2(Cc3ccccc3)N=CO[C@H]12. The van der Waals surface area contributed by atoms with Crippen molar-refractivity contribution < 1.29 is 19.1 Å².